The first-order valence-electron chi connectivity index (χ1n) is 8.54. The number of amides is 1. The highest BCUT2D eigenvalue weighted by atomic mass is 35.5. The van der Waals surface area contributed by atoms with Crippen LogP contribution in [0.4, 0.5) is 0 Å². The zero-order chi connectivity index (χ0) is 20.4. The number of benzene rings is 1. The fraction of sp³-hybridized carbons (Fsp3) is 0.263. The van der Waals surface area contributed by atoms with Gasteiger partial charge in [0.05, 0.1) is 33.6 Å². The summed E-state index contributed by atoms with van der Waals surface area (Å²) in [4.78, 5) is 35.5. The van der Waals surface area contributed by atoms with Crippen molar-refractivity contribution in [3.05, 3.63) is 58.1 Å². The molecule has 1 amide bonds. The molecule has 2 heterocycles. The van der Waals surface area contributed by atoms with Crippen LogP contribution in [0.2, 0.25) is 10.0 Å². The van der Waals surface area contributed by atoms with Crippen LogP contribution in [0.1, 0.15) is 34.7 Å². The van der Waals surface area contributed by atoms with Crippen molar-refractivity contribution in [1.29, 1.82) is 0 Å². The van der Waals surface area contributed by atoms with Gasteiger partial charge in [-0.3, -0.25) is 9.36 Å². The lowest BCUT2D eigenvalue weighted by atomic mass is 10.0. The summed E-state index contributed by atoms with van der Waals surface area (Å²) >= 11 is 12.3. The van der Waals surface area contributed by atoms with Gasteiger partial charge in [-0.15, -0.1) is 0 Å². The van der Waals surface area contributed by atoms with Crippen molar-refractivity contribution in [3.63, 3.8) is 0 Å². The smallest absolute Gasteiger partial charge is 0.335 e. The van der Waals surface area contributed by atoms with E-state index < -0.39 is 17.9 Å². The number of rotatable bonds is 5. The van der Waals surface area contributed by atoms with Crippen molar-refractivity contribution in [2.24, 2.45) is 4.99 Å². The molecule has 1 aliphatic heterocycles. The van der Waals surface area contributed by atoms with E-state index in [-0.39, 0.29) is 28.8 Å². The summed E-state index contributed by atoms with van der Waals surface area (Å²) in [5.74, 6) is -0.613. The number of aliphatic imine (C=N–C) groups is 1. The first-order chi connectivity index (χ1) is 13.4. The Morgan fingerprint density at radius 2 is 2.14 bits per heavy atom. The minimum atomic E-state index is -1.01. The highest BCUT2D eigenvalue weighted by Crippen LogP contribution is 2.34. The Morgan fingerprint density at radius 3 is 2.82 bits per heavy atom. The standard InChI is InChI=1S/C19H18Cl2N4O3/c1-4-28-19(27)17-16-14(25(10-23-16)11(2)22-3)8-9-24(17)18(26)12-6-5-7-13(20)15(12)21/h5-7,10,17H,2-4,8-9H2,1H3. The summed E-state index contributed by atoms with van der Waals surface area (Å²) in [7, 11) is 0. The molecule has 1 unspecified atom stereocenters. The van der Waals surface area contributed by atoms with E-state index in [1.807, 2.05) is 0 Å². The van der Waals surface area contributed by atoms with E-state index >= 15 is 0 Å². The summed E-state index contributed by atoms with van der Waals surface area (Å²) < 4.78 is 6.86. The van der Waals surface area contributed by atoms with Gasteiger partial charge in [-0.25, -0.2) is 14.8 Å². The van der Waals surface area contributed by atoms with E-state index in [1.165, 1.54) is 11.2 Å². The fourth-order valence-corrected chi connectivity index (χ4v) is 3.55. The van der Waals surface area contributed by atoms with E-state index in [1.54, 1.807) is 29.7 Å². The molecule has 1 aromatic heterocycles. The average molecular weight is 421 g/mol. The SMILES string of the molecule is C=NC(=C)n1cnc2c1CCN(C(=O)c1cccc(Cl)c1Cl)C2C(=O)OCC. The first kappa shape index (κ1) is 20.1. The quantitative estimate of drug-likeness (QED) is 0.546. The fourth-order valence-electron chi connectivity index (χ4n) is 3.17. The van der Waals surface area contributed by atoms with Crippen LogP contribution in [-0.4, -0.2) is 46.2 Å². The number of fused-ring (bicyclic) bond motifs is 1. The molecule has 0 saturated carbocycles. The second-order valence-corrected chi connectivity index (χ2v) is 6.81. The van der Waals surface area contributed by atoms with Crippen molar-refractivity contribution < 1.29 is 14.3 Å². The molecule has 0 N–H and O–H groups in total. The molecule has 0 fully saturated rings. The van der Waals surface area contributed by atoms with Gasteiger partial charge in [0.2, 0.25) is 0 Å². The van der Waals surface area contributed by atoms with E-state index in [0.717, 1.165) is 5.69 Å². The van der Waals surface area contributed by atoms with Gasteiger partial charge < -0.3 is 9.64 Å². The third kappa shape index (κ3) is 3.43. The largest absolute Gasteiger partial charge is 0.464 e. The molecule has 1 aromatic carbocycles. The van der Waals surface area contributed by atoms with Crippen LogP contribution in [0.3, 0.4) is 0 Å². The molecule has 2 aromatic rings. The number of hydrogen-bond acceptors (Lipinski definition) is 5. The van der Waals surface area contributed by atoms with Crippen molar-refractivity contribution in [2.45, 2.75) is 19.4 Å². The van der Waals surface area contributed by atoms with Crippen LogP contribution in [0.25, 0.3) is 5.82 Å². The Labute approximate surface area is 172 Å². The van der Waals surface area contributed by atoms with Crippen LogP contribution in [-0.2, 0) is 16.0 Å². The molecule has 1 aliphatic rings. The monoisotopic (exact) mass is 420 g/mol. The summed E-state index contributed by atoms with van der Waals surface area (Å²) in [6.07, 6.45) is 1.96. The Bertz CT molecular complexity index is 970. The molecule has 146 valence electrons. The summed E-state index contributed by atoms with van der Waals surface area (Å²) in [6.45, 7) is 9.42. The second kappa shape index (κ2) is 8.16. The van der Waals surface area contributed by atoms with Gasteiger partial charge in [0.15, 0.2) is 6.04 Å². The molecule has 0 radical (unpaired) electrons. The van der Waals surface area contributed by atoms with Gasteiger partial charge >= 0.3 is 5.97 Å². The number of hydrogen-bond donors (Lipinski definition) is 0. The minimum Gasteiger partial charge on any atom is -0.464 e. The predicted octanol–water partition coefficient (Wildman–Crippen LogP) is 3.62. The number of halogens is 2. The lowest BCUT2D eigenvalue weighted by Gasteiger charge is -2.34. The van der Waals surface area contributed by atoms with Gasteiger partial charge in [-0.05, 0) is 25.8 Å². The Kier molecular flexibility index (Phi) is 5.86. The van der Waals surface area contributed by atoms with Gasteiger partial charge in [0, 0.05) is 13.0 Å². The topological polar surface area (TPSA) is 76.8 Å². The van der Waals surface area contributed by atoms with E-state index in [4.69, 9.17) is 27.9 Å². The normalized spacial score (nSPS) is 15.7. The van der Waals surface area contributed by atoms with Crippen LogP contribution in [0.5, 0.6) is 0 Å². The molecule has 9 heteroatoms. The maximum absolute atomic E-state index is 13.2. The van der Waals surface area contributed by atoms with Gasteiger partial charge in [-0.2, -0.15) is 0 Å². The zero-order valence-corrected chi connectivity index (χ0v) is 16.7. The predicted molar refractivity (Wildman–Crippen MR) is 108 cm³/mol. The van der Waals surface area contributed by atoms with E-state index in [0.29, 0.717) is 17.9 Å². The molecule has 0 spiro atoms. The number of carbonyl (C=O) groups excluding carboxylic acids is 2. The molecule has 3 rings (SSSR count). The molecular weight excluding hydrogens is 403 g/mol. The van der Waals surface area contributed by atoms with Gasteiger partial charge in [-0.1, -0.05) is 35.8 Å². The number of aromatic nitrogens is 2. The third-order valence-corrected chi connectivity index (χ3v) is 5.29. The lowest BCUT2D eigenvalue weighted by molar-refractivity contribution is -0.149. The van der Waals surface area contributed by atoms with Crippen LogP contribution >= 0.6 is 23.2 Å². The molecule has 7 nitrogen and oxygen atoms in total. The van der Waals surface area contributed by atoms with Crippen molar-refractivity contribution in [1.82, 2.24) is 14.5 Å². The zero-order valence-electron chi connectivity index (χ0n) is 15.2. The van der Waals surface area contributed by atoms with Gasteiger partial charge in [0.1, 0.15) is 12.1 Å². The number of imidazole rings is 1. The van der Waals surface area contributed by atoms with Crippen molar-refractivity contribution >= 4 is 47.6 Å². The Balaban J connectivity index is 2.06. The summed E-state index contributed by atoms with van der Waals surface area (Å²) in [5.41, 5.74) is 1.36. The maximum Gasteiger partial charge on any atom is 0.335 e. The molecular formula is C19H18Cl2N4O3. The van der Waals surface area contributed by atoms with Crippen LogP contribution in [0, 0.1) is 0 Å². The number of carbonyl (C=O) groups is 2. The summed E-state index contributed by atoms with van der Waals surface area (Å²) in [5, 5.41) is 0.396. The van der Waals surface area contributed by atoms with Crippen molar-refractivity contribution in [3.8, 4) is 0 Å². The molecule has 1 atom stereocenters. The molecule has 0 saturated heterocycles. The van der Waals surface area contributed by atoms with E-state index in [2.05, 4.69) is 23.3 Å². The number of esters is 1. The molecule has 28 heavy (non-hydrogen) atoms. The maximum atomic E-state index is 13.2. The van der Waals surface area contributed by atoms with Crippen molar-refractivity contribution in [2.75, 3.05) is 13.2 Å². The van der Waals surface area contributed by atoms with Crippen LogP contribution in [0.15, 0.2) is 36.1 Å². The first-order valence-corrected chi connectivity index (χ1v) is 9.30. The van der Waals surface area contributed by atoms with Gasteiger partial charge in [0.25, 0.3) is 5.91 Å². The average Bonchev–Trinajstić information content (AvgIpc) is 3.12. The number of ether oxygens (including phenoxy) is 1. The molecule has 0 aliphatic carbocycles. The summed E-state index contributed by atoms with van der Waals surface area (Å²) in [6, 6.07) is 3.78. The third-order valence-electron chi connectivity index (χ3n) is 4.47. The highest BCUT2D eigenvalue weighted by Gasteiger charge is 2.40. The minimum absolute atomic E-state index is 0.136. The van der Waals surface area contributed by atoms with Crippen LogP contribution < -0.4 is 0 Å². The number of nitrogens with zero attached hydrogens (tertiary/aromatic N) is 4. The lowest BCUT2D eigenvalue weighted by Crippen LogP contribution is -2.44. The second-order valence-electron chi connectivity index (χ2n) is 6.03. The Hall–Kier alpha value is -2.64. The molecule has 0 bridgehead atoms. The highest BCUT2D eigenvalue weighted by molar-refractivity contribution is 6.43. The van der Waals surface area contributed by atoms with E-state index in [9.17, 15) is 9.59 Å². The Morgan fingerprint density at radius 1 is 1.39 bits per heavy atom.